The normalized spacial score (nSPS) is 16.0. The number of benzene rings is 2. The van der Waals surface area contributed by atoms with Gasteiger partial charge in [-0.05, 0) is 18.2 Å². The monoisotopic (exact) mass is 451 g/mol. The Hall–Kier alpha value is -4.03. The molecule has 0 aliphatic carbocycles. The molecule has 0 fully saturated rings. The number of nitrogens with zero attached hydrogens (tertiary/aromatic N) is 2. The second-order valence-electron chi connectivity index (χ2n) is 6.84. The van der Waals surface area contributed by atoms with Gasteiger partial charge >= 0.3 is 5.97 Å². The summed E-state index contributed by atoms with van der Waals surface area (Å²) >= 11 is 0.882. The fourth-order valence-corrected chi connectivity index (χ4v) is 4.74. The average Bonchev–Trinajstić information content (AvgIpc) is 3.10. The molecule has 6 nitrogen and oxygen atoms in total. The van der Waals surface area contributed by atoms with Crippen molar-refractivity contribution in [1.29, 1.82) is 5.26 Å². The lowest BCUT2D eigenvalue weighted by molar-refractivity contribution is -0.133. The van der Waals surface area contributed by atoms with Crippen LogP contribution in [0, 0.1) is 23.0 Å². The van der Waals surface area contributed by atoms with Gasteiger partial charge in [-0.15, -0.1) is 11.3 Å². The lowest BCUT2D eigenvalue weighted by atomic mass is 9.92. The number of nitrogens with two attached hydrogens (primary N) is 1. The van der Waals surface area contributed by atoms with E-state index in [0.717, 1.165) is 23.0 Å². The molecule has 1 aliphatic rings. The lowest BCUT2D eigenvalue weighted by Gasteiger charge is -2.25. The number of hydrogen-bond donors (Lipinski definition) is 1. The van der Waals surface area contributed by atoms with Crippen LogP contribution < -0.4 is 20.5 Å². The zero-order chi connectivity index (χ0) is 23.0. The quantitative estimate of drug-likeness (QED) is 0.611. The number of rotatable bonds is 3. The fraction of sp³-hybridized carbons (Fsp3) is 0.0870. The molecular weight excluding hydrogens is 436 g/mol. The number of esters is 1. The predicted octanol–water partition coefficient (Wildman–Crippen LogP) is 1.68. The van der Waals surface area contributed by atoms with Crippen LogP contribution in [0.3, 0.4) is 0 Å². The van der Waals surface area contributed by atoms with Crippen molar-refractivity contribution in [3.63, 3.8) is 0 Å². The number of nitriles is 1. The molecule has 0 saturated heterocycles. The van der Waals surface area contributed by atoms with Gasteiger partial charge in [0.1, 0.15) is 27.9 Å². The van der Waals surface area contributed by atoms with Crippen LogP contribution >= 0.6 is 11.3 Å². The summed E-state index contributed by atoms with van der Waals surface area (Å²) in [6, 6.07) is 12.2. The van der Waals surface area contributed by atoms with Crippen LogP contribution in [0.5, 0.6) is 0 Å². The van der Waals surface area contributed by atoms with Crippen LogP contribution in [0.1, 0.15) is 17.2 Å². The van der Waals surface area contributed by atoms with E-state index >= 15 is 0 Å². The standard InChI is InChI=1S/C23H15F2N3O3S/c1-31-23(30)18-19(27)14(11-26)20(13-7-3-5-9-16(13)25)28-21(29)17(32-22(18)28)10-12-6-2-4-8-15(12)24/h2-10,20H,27H2,1H3/b17-10+/t20-/m1/s1. The molecule has 4 rings (SSSR count). The van der Waals surface area contributed by atoms with E-state index in [4.69, 9.17) is 10.5 Å². The first-order valence-corrected chi connectivity index (χ1v) is 10.2. The molecule has 9 heteroatoms. The highest BCUT2D eigenvalue weighted by Crippen LogP contribution is 2.32. The molecule has 3 aromatic rings. The van der Waals surface area contributed by atoms with Gasteiger partial charge < -0.3 is 10.5 Å². The Balaban J connectivity index is 2.15. The molecule has 2 heterocycles. The first-order chi connectivity index (χ1) is 15.4. The second-order valence-corrected chi connectivity index (χ2v) is 7.87. The van der Waals surface area contributed by atoms with Gasteiger partial charge in [0.2, 0.25) is 0 Å². The van der Waals surface area contributed by atoms with Gasteiger partial charge in [-0.25, -0.2) is 13.6 Å². The number of carbonyl (C=O) groups is 1. The first kappa shape index (κ1) is 21.2. The minimum absolute atomic E-state index is 0.0366. The molecule has 1 aliphatic heterocycles. The largest absolute Gasteiger partial charge is 0.465 e. The van der Waals surface area contributed by atoms with Crippen LogP contribution in [0.2, 0.25) is 0 Å². The topological polar surface area (TPSA) is 98.1 Å². The van der Waals surface area contributed by atoms with E-state index in [9.17, 15) is 23.6 Å². The highest BCUT2D eigenvalue weighted by atomic mass is 32.1. The highest BCUT2D eigenvalue weighted by Gasteiger charge is 2.35. The number of methoxy groups -OCH3 is 1. The van der Waals surface area contributed by atoms with Crippen molar-refractivity contribution in [3.05, 3.63) is 102 Å². The highest BCUT2D eigenvalue weighted by molar-refractivity contribution is 7.07. The van der Waals surface area contributed by atoms with Gasteiger partial charge in [-0.2, -0.15) is 5.26 Å². The molecular formula is C23H15F2N3O3S. The average molecular weight is 451 g/mol. The third-order valence-corrected chi connectivity index (χ3v) is 6.17. The Bertz CT molecular complexity index is 1510. The van der Waals surface area contributed by atoms with E-state index in [0.29, 0.717) is 0 Å². The van der Waals surface area contributed by atoms with Crippen LogP contribution in [-0.2, 0) is 9.53 Å². The lowest BCUT2D eigenvalue weighted by Crippen LogP contribution is -2.41. The van der Waals surface area contributed by atoms with Crippen LogP contribution in [-0.4, -0.2) is 17.6 Å². The molecule has 1 atom stereocenters. The summed E-state index contributed by atoms with van der Waals surface area (Å²) in [6.45, 7) is 0. The molecule has 0 bridgehead atoms. The van der Waals surface area contributed by atoms with Crippen molar-refractivity contribution in [2.24, 2.45) is 5.73 Å². The Morgan fingerprint density at radius 3 is 2.47 bits per heavy atom. The van der Waals surface area contributed by atoms with E-state index in [1.807, 2.05) is 6.07 Å². The summed E-state index contributed by atoms with van der Waals surface area (Å²) in [5.41, 5.74) is 5.19. The molecule has 0 unspecified atom stereocenters. The van der Waals surface area contributed by atoms with Gasteiger partial charge in [-0.3, -0.25) is 9.36 Å². The maximum atomic E-state index is 14.7. The van der Waals surface area contributed by atoms with Crippen molar-refractivity contribution in [1.82, 2.24) is 4.57 Å². The van der Waals surface area contributed by atoms with Crippen molar-refractivity contribution < 1.29 is 18.3 Å². The summed E-state index contributed by atoms with van der Waals surface area (Å²) in [5, 5.41) is 9.81. The molecule has 2 N–H and O–H groups in total. The molecule has 160 valence electrons. The Kier molecular flexibility index (Phi) is 5.47. The Morgan fingerprint density at radius 2 is 1.84 bits per heavy atom. The molecule has 0 saturated carbocycles. The summed E-state index contributed by atoms with van der Waals surface area (Å²) in [6.07, 6.45) is 1.34. The van der Waals surface area contributed by atoms with Crippen molar-refractivity contribution in [3.8, 4) is 6.07 Å². The maximum absolute atomic E-state index is 14.7. The van der Waals surface area contributed by atoms with Crippen molar-refractivity contribution in [2.75, 3.05) is 7.11 Å². The minimum Gasteiger partial charge on any atom is -0.465 e. The van der Waals surface area contributed by atoms with Gasteiger partial charge in [0.15, 0.2) is 0 Å². The van der Waals surface area contributed by atoms with E-state index in [-0.39, 0.29) is 37.2 Å². The van der Waals surface area contributed by atoms with Gasteiger partial charge in [0.05, 0.1) is 29.0 Å². The fourth-order valence-electron chi connectivity index (χ4n) is 3.58. The summed E-state index contributed by atoms with van der Waals surface area (Å²) < 4.78 is 35.0. The van der Waals surface area contributed by atoms with E-state index in [1.54, 1.807) is 12.1 Å². The Morgan fingerprint density at radius 1 is 1.19 bits per heavy atom. The predicted molar refractivity (Wildman–Crippen MR) is 115 cm³/mol. The molecule has 0 amide bonds. The van der Waals surface area contributed by atoms with Crippen LogP contribution in [0.15, 0.2) is 64.6 Å². The first-order valence-electron chi connectivity index (χ1n) is 9.33. The molecule has 2 aromatic carbocycles. The number of carbonyl (C=O) groups excluding carboxylic acids is 1. The van der Waals surface area contributed by atoms with E-state index in [2.05, 4.69) is 0 Å². The third-order valence-electron chi connectivity index (χ3n) is 5.06. The van der Waals surface area contributed by atoms with Gasteiger partial charge in [-0.1, -0.05) is 36.4 Å². The number of allylic oxidation sites excluding steroid dienone is 1. The minimum atomic E-state index is -1.20. The Labute approximate surface area is 184 Å². The summed E-state index contributed by atoms with van der Waals surface area (Å²) in [4.78, 5) is 25.9. The van der Waals surface area contributed by atoms with Crippen molar-refractivity contribution >= 4 is 29.0 Å². The van der Waals surface area contributed by atoms with Gasteiger partial charge in [0.25, 0.3) is 5.56 Å². The SMILES string of the molecule is COC(=O)C1=c2s/c(=C/c3ccccc3F)c(=O)n2[C@H](c2ccccc2F)C(C#N)=C1N. The molecule has 0 radical (unpaired) electrons. The molecule has 1 aromatic heterocycles. The number of hydrogen-bond acceptors (Lipinski definition) is 6. The zero-order valence-corrected chi connectivity index (χ0v) is 17.5. The van der Waals surface area contributed by atoms with Crippen molar-refractivity contribution in [2.45, 2.75) is 6.04 Å². The number of aromatic nitrogens is 1. The maximum Gasteiger partial charge on any atom is 0.343 e. The smallest absolute Gasteiger partial charge is 0.343 e. The summed E-state index contributed by atoms with van der Waals surface area (Å²) in [5.74, 6) is -2.04. The van der Waals surface area contributed by atoms with E-state index < -0.39 is 29.2 Å². The number of thiazole rings is 1. The van der Waals surface area contributed by atoms with E-state index in [1.165, 1.54) is 42.5 Å². The van der Waals surface area contributed by atoms with Crippen LogP contribution in [0.25, 0.3) is 11.6 Å². The number of halogens is 2. The second kappa shape index (κ2) is 8.24. The number of fused-ring (bicyclic) bond motifs is 1. The number of ether oxygens (including phenoxy) is 1. The van der Waals surface area contributed by atoms with Crippen LogP contribution in [0.4, 0.5) is 8.78 Å². The molecule has 32 heavy (non-hydrogen) atoms. The summed E-state index contributed by atoms with van der Waals surface area (Å²) in [7, 11) is 1.14. The zero-order valence-electron chi connectivity index (χ0n) is 16.6. The third kappa shape index (κ3) is 3.31. The molecule has 0 spiro atoms. The van der Waals surface area contributed by atoms with Gasteiger partial charge in [0, 0.05) is 11.1 Å².